The lowest BCUT2D eigenvalue weighted by Crippen LogP contribution is -2.43. The SMILES string of the molecule is CNC(=O)COc1cc2cc(Nc3nc(N4CCCC(F)(F)C4)ncc3Cl)ccc2n(C)c1=O. The Hall–Kier alpha value is -3.47. The van der Waals surface area contributed by atoms with Gasteiger partial charge >= 0.3 is 0 Å². The highest BCUT2D eigenvalue weighted by Crippen LogP contribution is 2.31. The lowest BCUT2D eigenvalue weighted by molar-refractivity contribution is -0.122. The van der Waals surface area contributed by atoms with Gasteiger partial charge in [0.25, 0.3) is 17.4 Å². The number of alkyl halides is 2. The topological polar surface area (TPSA) is 101 Å². The van der Waals surface area contributed by atoms with Crippen LogP contribution in [0.5, 0.6) is 5.75 Å². The van der Waals surface area contributed by atoms with Crippen LogP contribution in [-0.2, 0) is 11.8 Å². The molecule has 12 heteroatoms. The molecule has 0 saturated carbocycles. The fourth-order valence-corrected chi connectivity index (χ4v) is 3.86. The summed E-state index contributed by atoms with van der Waals surface area (Å²) in [6.45, 7) is -0.305. The van der Waals surface area contributed by atoms with Gasteiger partial charge in [0, 0.05) is 38.1 Å². The summed E-state index contributed by atoms with van der Waals surface area (Å²) in [7, 11) is 3.08. The van der Waals surface area contributed by atoms with Crippen LogP contribution < -0.4 is 25.8 Å². The lowest BCUT2D eigenvalue weighted by Gasteiger charge is -2.32. The number of rotatable bonds is 6. The number of halogens is 3. The first-order valence-electron chi connectivity index (χ1n) is 10.6. The molecule has 0 bridgehead atoms. The second kappa shape index (κ2) is 9.41. The smallest absolute Gasteiger partial charge is 0.293 e. The van der Waals surface area contributed by atoms with Crippen molar-refractivity contribution in [1.29, 1.82) is 0 Å². The molecule has 0 atom stereocenters. The number of nitrogens with zero attached hydrogens (tertiary/aromatic N) is 4. The predicted octanol–water partition coefficient (Wildman–Crippen LogP) is 3.09. The van der Waals surface area contributed by atoms with Crippen molar-refractivity contribution in [1.82, 2.24) is 19.9 Å². The molecule has 2 N–H and O–H groups in total. The number of aromatic nitrogens is 3. The number of anilines is 3. The van der Waals surface area contributed by atoms with Gasteiger partial charge < -0.3 is 24.8 Å². The molecule has 3 heterocycles. The molecule has 1 aliphatic rings. The highest BCUT2D eigenvalue weighted by atomic mass is 35.5. The Morgan fingerprint density at radius 2 is 2.12 bits per heavy atom. The molecular weight excluding hydrogens is 470 g/mol. The zero-order valence-corrected chi connectivity index (χ0v) is 19.3. The highest BCUT2D eigenvalue weighted by molar-refractivity contribution is 6.32. The Kier molecular flexibility index (Phi) is 6.56. The van der Waals surface area contributed by atoms with E-state index in [9.17, 15) is 18.4 Å². The minimum Gasteiger partial charge on any atom is -0.478 e. The summed E-state index contributed by atoms with van der Waals surface area (Å²) in [6.07, 6.45) is 1.56. The Bertz CT molecular complexity index is 1300. The van der Waals surface area contributed by atoms with Crippen molar-refractivity contribution in [3.05, 3.63) is 45.8 Å². The first-order valence-corrected chi connectivity index (χ1v) is 10.9. The van der Waals surface area contributed by atoms with Crippen molar-refractivity contribution in [2.75, 3.05) is 37.0 Å². The number of nitrogens with one attached hydrogen (secondary N) is 2. The molecule has 0 radical (unpaired) electrons. The maximum absolute atomic E-state index is 13.8. The van der Waals surface area contributed by atoms with Crippen molar-refractivity contribution in [2.24, 2.45) is 7.05 Å². The van der Waals surface area contributed by atoms with Gasteiger partial charge in [-0.1, -0.05) is 11.6 Å². The minimum absolute atomic E-state index is 0.0316. The van der Waals surface area contributed by atoms with Crippen LogP contribution in [0.2, 0.25) is 5.02 Å². The summed E-state index contributed by atoms with van der Waals surface area (Å²) in [6, 6.07) is 6.78. The molecule has 1 fully saturated rings. The molecule has 34 heavy (non-hydrogen) atoms. The molecule has 0 spiro atoms. The van der Waals surface area contributed by atoms with Crippen molar-refractivity contribution in [2.45, 2.75) is 18.8 Å². The Labute approximate surface area is 198 Å². The molecule has 0 unspecified atom stereocenters. The number of pyridine rings is 1. The summed E-state index contributed by atoms with van der Waals surface area (Å²) in [5.41, 5.74) is 0.866. The second-order valence-electron chi connectivity index (χ2n) is 7.98. The summed E-state index contributed by atoms with van der Waals surface area (Å²) in [4.78, 5) is 33.9. The van der Waals surface area contributed by atoms with Crippen molar-refractivity contribution >= 4 is 45.9 Å². The van der Waals surface area contributed by atoms with Gasteiger partial charge in [-0.2, -0.15) is 4.98 Å². The van der Waals surface area contributed by atoms with E-state index in [1.807, 2.05) is 0 Å². The van der Waals surface area contributed by atoms with Crippen LogP contribution in [0, 0.1) is 0 Å². The van der Waals surface area contributed by atoms with Crippen LogP contribution >= 0.6 is 11.6 Å². The summed E-state index contributed by atoms with van der Waals surface area (Å²) < 4.78 is 34.5. The fourth-order valence-electron chi connectivity index (χ4n) is 3.72. The van der Waals surface area contributed by atoms with E-state index >= 15 is 0 Å². The van der Waals surface area contributed by atoms with Crippen LogP contribution in [0.15, 0.2) is 35.3 Å². The number of hydrogen-bond donors (Lipinski definition) is 2. The van der Waals surface area contributed by atoms with Gasteiger partial charge in [-0.05, 0) is 30.7 Å². The van der Waals surface area contributed by atoms with Gasteiger partial charge in [-0.3, -0.25) is 9.59 Å². The number of benzene rings is 1. The third-order valence-corrected chi connectivity index (χ3v) is 5.77. The summed E-state index contributed by atoms with van der Waals surface area (Å²) >= 11 is 6.26. The maximum Gasteiger partial charge on any atom is 0.293 e. The van der Waals surface area contributed by atoms with E-state index in [1.54, 1.807) is 31.3 Å². The monoisotopic (exact) mass is 492 g/mol. The van der Waals surface area contributed by atoms with E-state index in [-0.39, 0.29) is 47.0 Å². The molecule has 1 aromatic carbocycles. The normalized spacial score (nSPS) is 15.3. The number of carbonyl (C=O) groups excluding carboxylic acids is 1. The zero-order valence-electron chi connectivity index (χ0n) is 18.6. The standard InChI is InChI=1S/C22H23ClF2N6O3/c1-26-18(32)11-34-17-9-13-8-14(4-5-16(13)30(2)20(17)33)28-19-15(23)10-27-21(29-19)31-7-3-6-22(24,25)12-31/h4-5,8-10H,3,6-7,11-12H2,1-2H3,(H,26,32)(H,27,28,29). The Morgan fingerprint density at radius 1 is 1.32 bits per heavy atom. The largest absolute Gasteiger partial charge is 0.478 e. The number of likely N-dealkylation sites (N-methyl/N-ethyl adjacent to an activating group) is 1. The van der Waals surface area contributed by atoms with Crippen LogP contribution in [0.4, 0.5) is 26.2 Å². The van der Waals surface area contributed by atoms with Gasteiger partial charge in [0.1, 0.15) is 5.02 Å². The molecular formula is C22H23ClF2N6O3. The first kappa shape index (κ1) is 23.7. The number of piperidine rings is 1. The number of carbonyl (C=O) groups is 1. The number of ether oxygens (including phenoxy) is 1. The third-order valence-electron chi connectivity index (χ3n) is 5.50. The number of aryl methyl sites for hydroxylation is 1. The van der Waals surface area contributed by atoms with Gasteiger partial charge in [-0.15, -0.1) is 0 Å². The quantitative estimate of drug-likeness (QED) is 0.545. The molecule has 2 aromatic heterocycles. The Morgan fingerprint density at radius 3 is 2.85 bits per heavy atom. The Balaban J connectivity index is 1.62. The van der Waals surface area contributed by atoms with Gasteiger partial charge in [-0.25, -0.2) is 13.8 Å². The van der Waals surface area contributed by atoms with Gasteiger partial charge in [0.15, 0.2) is 18.2 Å². The van der Waals surface area contributed by atoms with E-state index in [0.29, 0.717) is 29.6 Å². The van der Waals surface area contributed by atoms with Crippen LogP contribution in [0.1, 0.15) is 12.8 Å². The lowest BCUT2D eigenvalue weighted by atomic mass is 10.1. The summed E-state index contributed by atoms with van der Waals surface area (Å²) in [5, 5.41) is 6.41. The minimum atomic E-state index is -2.79. The van der Waals surface area contributed by atoms with Gasteiger partial charge in [0.05, 0.1) is 18.3 Å². The van der Waals surface area contributed by atoms with Crippen molar-refractivity contribution in [3.8, 4) is 5.75 Å². The second-order valence-corrected chi connectivity index (χ2v) is 8.39. The number of fused-ring (bicyclic) bond motifs is 1. The van der Waals surface area contributed by atoms with Crippen LogP contribution in [0.3, 0.4) is 0 Å². The van der Waals surface area contributed by atoms with E-state index < -0.39 is 12.5 Å². The van der Waals surface area contributed by atoms with E-state index in [4.69, 9.17) is 16.3 Å². The molecule has 180 valence electrons. The number of amides is 1. The molecule has 9 nitrogen and oxygen atoms in total. The number of hydrogen-bond acceptors (Lipinski definition) is 7. The maximum atomic E-state index is 13.8. The molecule has 3 aromatic rings. The van der Waals surface area contributed by atoms with E-state index in [2.05, 4.69) is 20.6 Å². The van der Waals surface area contributed by atoms with Crippen LogP contribution in [0.25, 0.3) is 10.9 Å². The molecule has 0 aliphatic carbocycles. The zero-order chi connectivity index (χ0) is 24.5. The van der Waals surface area contributed by atoms with Crippen molar-refractivity contribution in [3.63, 3.8) is 0 Å². The van der Waals surface area contributed by atoms with E-state index in [1.165, 1.54) is 22.7 Å². The van der Waals surface area contributed by atoms with Crippen molar-refractivity contribution < 1.29 is 18.3 Å². The average molecular weight is 493 g/mol. The third kappa shape index (κ3) is 5.04. The molecule has 1 saturated heterocycles. The average Bonchev–Trinajstić information content (AvgIpc) is 2.81. The molecule has 4 rings (SSSR count). The molecule has 1 amide bonds. The van der Waals surface area contributed by atoms with E-state index in [0.717, 1.165) is 0 Å². The first-order chi connectivity index (χ1) is 16.2. The fraction of sp³-hybridized carbons (Fsp3) is 0.364. The van der Waals surface area contributed by atoms with Crippen LogP contribution in [-0.4, -0.2) is 53.1 Å². The van der Waals surface area contributed by atoms with Gasteiger partial charge in [0.2, 0.25) is 5.95 Å². The summed E-state index contributed by atoms with van der Waals surface area (Å²) in [5.74, 6) is -2.69. The highest BCUT2D eigenvalue weighted by Gasteiger charge is 2.36. The predicted molar refractivity (Wildman–Crippen MR) is 125 cm³/mol. The molecule has 1 aliphatic heterocycles.